The highest BCUT2D eigenvalue weighted by atomic mass is 16.6. The molecule has 0 aliphatic rings. The van der Waals surface area contributed by atoms with Crippen LogP contribution < -0.4 is 9.68 Å². The third-order valence-corrected chi connectivity index (χ3v) is 1.53. The van der Waals surface area contributed by atoms with E-state index in [0.29, 0.717) is 5.75 Å². The molecule has 1 aromatic carbocycles. The fraction of sp³-hybridized carbons (Fsp3) is 0.111. The van der Waals surface area contributed by atoms with Gasteiger partial charge in [-0.2, -0.15) is 0 Å². The summed E-state index contributed by atoms with van der Waals surface area (Å²) in [4.78, 5) is 28.9. The van der Waals surface area contributed by atoms with Crippen molar-refractivity contribution in [1.29, 1.82) is 0 Å². The van der Waals surface area contributed by atoms with Crippen LogP contribution in [0.5, 0.6) is 11.5 Å². The smallest absolute Gasteiger partial charge is 0.277 e. The first-order chi connectivity index (χ1) is 7.27. The molecule has 0 saturated heterocycles. The molecule has 0 fully saturated rings. The number of hydrogen-bond acceptors (Lipinski definition) is 6. The summed E-state index contributed by atoms with van der Waals surface area (Å²) >= 11 is 0. The van der Waals surface area contributed by atoms with E-state index in [9.17, 15) is 9.59 Å². The first kappa shape index (κ1) is 10.7. The van der Waals surface area contributed by atoms with Crippen LogP contribution in [-0.2, 0) is 9.59 Å². The minimum Gasteiger partial charge on any atom is -0.346 e. The summed E-state index contributed by atoms with van der Waals surface area (Å²) in [5.74, 6) is 0.594. The molecule has 0 unspecified atom stereocenters. The number of isocyanates is 2. The zero-order valence-electron chi connectivity index (χ0n) is 7.76. The van der Waals surface area contributed by atoms with Crippen LogP contribution in [0.4, 0.5) is 0 Å². The maximum Gasteiger partial charge on any atom is 0.277 e. The second-order valence-corrected chi connectivity index (χ2v) is 2.48. The van der Waals surface area contributed by atoms with Gasteiger partial charge in [0.1, 0.15) is 0 Å². The zero-order valence-corrected chi connectivity index (χ0v) is 7.76. The van der Waals surface area contributed by atoms with Gasteiger partial charge in [0.05, 0.1) is 0 Å². The zero-order chi connectivity index (χ0) is 11.1. The van der Waals surface area contributed by atoms with Crippen molar-refractivity contribution in [2.45, 2.75) is 6.92 Å². The van der Waals surface area contributed by atoms with Crippen molar-refractivity contribution < 1.29 is 19.3 Å². The number of nitrogens with zero attached hydrogens (tertiary/aromatic N) is 2. The Labute approximate surface area is 84.8 Å². The molecule has 0 aromatic heterocycles. The predicted octanol–water partition coefficient (Wildman–Crippen LogP) is 1.25. The van der Waals surface area contributed by atoms with Gasteiger partial charge < -0.3 is 9.68 Å². The largest absolute Gasteiger partial charge is 0.346 e. The normalized spacial score (nSPS) is 8.33. The van der Waals surface area contributed by atoms with Crippen LogP contribution in [0, 0.1) is 6.92 Å². The molecule has 0 N–H and O–H groups in total. The lowest BCUT2D eigenvalue weighted by atomic mass is 10.2. The first-order valence-electron chi connectivity index (χ1n) is 3.87. The molecule has 1 aromatic rings. The second-order valence-electron chi connectivity index (χ2n) is 2.48. The van der Waals surface area contributed by atoms with Crippen molar-refractivity contribution in [3.05, 3.63) is 23.8 Å². The van der Waals surface area contributed by atoms with Crippen molar-refractivity contribution in [2.24, 2.45) is 10.3 Å². The average molecular weight is 206 g/mol. The van der Waals surface area contributed by atoms with E-state index in [1.165, 1.54) is 18.2 Å². The minimum absolute atomic E-state index is 0.278. The molecule has 0 spiro atoms. The molecule has 0 aliphatic heterocycles. The van der Waals surface area contributed by atoms with E-state index in [1.54, 1.807) is 19.1 Å². The Bertz CT molecular complexity index is 445. The van der Waals surface area contributed by atoms with Crippen molar-refractivity contribution >= 4 is 12.2 Å². The van der Waals surface area contributed by atoms with Gasteiger partial charge in [0.25, 0.3) is 12.2 Å². The molecule has 0 saturated carbocycles. The number of rotatable bonds is 4. The van der Waals surface area contributed by atoms with Crippen molar-refractivity contribution in [1.82, 2.24) is 0 Å². The van der Waals surface area contributed by atoms with Gasteiger partial charge in [0.2, 0.25) is 0 Å². The van der Waals surface area contributed by atoms with E-state index in [-0.39, 0.29) is 5.75 Å². The van der Waals surface area contributed by atoms with Crippen LogP contribution in [0.25, 0.3) is 0 Å². The van der Waals surface area contributed by atoms with Gasteiger partial charge in [0.15, 0.2) is 11.5 Å². The summed E-state index contributed by atoms with van der Waals surface area (Å²) in [7, 11) is 0. The van der Waals surface area contributed by atoms with Crippen LogP contribution in [-0.4, -0.2) is 12.2 Å². The first-order valence-corrected chi connectivity index (χ1v) is 3.87. The molecule has 76 valence electrons. The van der Waals surface area contributed by atoms with Crippen LogP contribution in [0.2, 0.25) is 0 Å². The number of hydrogen-bond donors (Lipinski definition) is 0. The number of benzene rings is 1. The van der Waals surface area contributed by atoms with Gasteiger partial charge in [0, 0.05) is 16.4 Å². The fourth-order valence-electron chi connectivity index (χ4n) is 0.875. The Morgan fingerprint density at radius 2 is 1.80 bits per heavy atom. The van der Waals surface area contributed by atoms with Gasteiger partial charge in [-0.3, -0.25) is 0 Å². The highest BCUT2D eigenvalue weighted by Crippen LogP contribution is 2.24. The Morgan fingerprint density at radius 1 is 1.13 bits per heavy atom. The third-order valence-electron chi connectivity index (χ3n) is 1.53. The van der Waals surface area contributed by atoms with Crippen LogP contribution in [0.15, 0.2) is 28.5 Å². The van der Waals surface area contributed by atoms with Gasteiger partial charge >= 0.3 is 0 Å². The number of aryl methyl sites for hydroxylation is 1. The Hall–Kier alpha value is -2.42. The van der Waals surface area contributed by atoms with Crippen molar-refractivity contribution in [3.63, 3.8) is 0 Å². The molecular formula is C9H6N2O4. The molecule has 0 bridgehead atoms. The van der Waals surface area contributed by atoms with E-state index in [0.717, 1.165) is 5.56 Å². The molecule has 6 nitrogen and oxygen atoms in total. The Kier molecular flexibility index (Phi) is 3.79. The molecule has 0 amide bonds. The highest BCUT2D eigenvalue weighted by molar-refractivity contribution is 5.41. The minimum atomic E-state index is 0.278. The van der Waals surface area contributed by atoms with Gasteiger partial charge in [-0.05, 0) is 18.6 Å². The topological polar surface area (TPSA) is 77.3 Å². The summed E-state index contributed by atoms with van der Waals surface area (Å²) in [6.45, 7) is 1.75. The maximum absolute atomic E-state index is 9.83. The molecular weight excluding hydrogens is 200 g/mol. The molecule has 0 heterocycles. The summed E-state index contributed by atoms with van der Waals surface area (Å²) < 4.78 is 0. The van der Waals surface area contributed by atoms with E-state index >= 15 is 0 Å². The standard InChI is InChI=1S/C9H6N2O4/c1-7-2-3-8(14-10-5-12)4-9(7)15-11-6-13/h2-4H,1H3. The predicted molar refractivity (Wildman–Crippen MR) is 48.7 cm³/mol. The van der Waals surface area contributed by atoms with E-state index in [2.05, 4.69) is 20.0 Å². The van der Waals surface area contributed by atoms with Crippen LogP contribution >= 0.6 is 0 Å². The van der Waals surface area contributed by atoms with Crippen molar-refractivity contribution in [3.8, 4) is 11.5 Å². The maximum atomic E-state index is 9.83. The average Bonchev–Trinajstić information content (AvgIpc) is 2.26. The molecule has 1 rings (SSSR count). The number of carbonyl (C=O) groups excluding carboxylic acids is 2. The molecule has 0 radical (unpaired) electrons. The molecule has 15 heavy (non-hydrogen) atoms. The summed E-state index contributed by atoms with van der Waals surface area (Å²) in [5.41, 5.74) is 0.747. The lowest BCUT2D eigenvalue weighted by Crippen LogP contribution is -1.88. The molecule has 6 heteroatoms. The third kappa shape index (κ3) is 3.08. The van der Waals surface area contributed by atoms with E-state index < -0.39 is 0 Å². The molecule has 0 atom stereocenters. The highest BCUT2D eigenvalue weighted by Gasteiger charge is 2.02. The van der Waals surface area contributed by atoms with Crippen molar-refractivity contribution in [2.75, 3.05) is 0 Å². The quantitative estimate of drug-likeness (QED) is 0.422. The van der Waals surface area contributed by atoms with E-state index in [4.69, 9.17) is 0 Å². The fourth-order valence-corrected chi connectivity index (χ4v) is 0.875. The summed E-state index contributed by atoms with van der Waals surface area (Å²) in [5, 5.41) is 5.88. The summed E-state index contributed by atoms with van der Waals surface area (Å²) in [6.07, 6.45) is 2.45. The summed E-state index contributed by atoms with van der Waals surface area (Å²) in [6, 6.07) is 4.66. The Balaban J connectivity index is 2.93. The Morgan fingerprint density at radius 3 is 2.47 bits per heavy atom. The van der Waals surface area contributed by atoms with E-state index in [1.807, 2.05) is 0 Å². The monoisotopic (exact) mass is 206 g/mol. The van der Waals surface area contributed by atoms with Gasteiger partial charge in [-0.1, -0.05) is 6.07 Å². The lowest BCUT2D eigenvalue weighted by Gasteiger charge is -2.02. The van der Waals surface area contributed by atoms with Crippen LogP contribution in [0.3, 0.4) is 0 Å². The lowest BCUT2D eigenvalue weighted by molar-refractivity contribution is 0.318. The SMILES string of the molecule is Cc1ccc(ON=C=O)cc1ON=C=O. The molecule has 0 aliphatic carbocycles. The van der Waals surface area contributed by atoms with Crippen LogP contribution in [0.1, 0.15) is 5.56 Å². The van der Waals surface area contributed by atoms with Gasteiger partial charge in [-0.15, -0.1) is 0 Å². The van der Waals surface area contributed by atoms with Gasteiger partial charge in [-0.25, -0.2) is 9.59 Å². The second kappa shape index (κ2) is 5.34.